The van der Waals surface area contributed by atoms with Gasteiger partial charge in [0.15, 0.2) is 0 Å². The maximum absolute atomic E-state index is 11.0. The standard InChI is InChI=1S/C9H15NO2/c1-2-3-4-8-7-12-6-5-9(11)10-8/h2-3,8H,4-7H2,1H3,(H,10,11). The molecule has 0 spiro atoms. The summed E-state index contributed by atoms with van der Waals surface area (Å²) in [4.78, 5) is 11.0. The van der Waals surface area contributed by atoms with Crippen LogP contribution in [0, 0.1) is 0 Å². The lowest BCUT2D eigenvalue weighted by Crippen LogP contribution is -2.34. The number of nitrogens with one attached hydrogen (secondary N) is 1. The van der Waals surface area contributed by atoms with Crippen molar-refractivity contribution in [2.75, 3.05) is 13.2 Å². The van der Waals surface area contributed by atoms with Crippen LogP contribution in [-0.4, -0.2) is 25.2 Å². The molecule has 1 atom stereocenters. The van der Waals surface area contributed by atoms with Gasteiger partial charge in [-0.05, 0) is 13.3 Å². The molecule has 1 fully saturated rings. The summed E-state index contributed by atoms with van der Waals surface area (Å²) in [5.41, 5.74) is 0. The Balaban J connectivity index is 2.35. The molecule has 1 N–H and O–H groups in total. The number of allylic oxidation sites excluding steroid dienone is 1. The number of hydrogen-bond acceptors (Lipinski definition) is 2. The average molecular weight is 169 g/mol. The second-order valence-corrected chi connectivity index (χ2v) is 2.89. The maximum atomic E-state index is 11.0. The van der Waals surface area contributed by atoms with Gasteiger partial charge in [-0.15, -0.1) is 0 Å². The van der Waals surface area contributed by atoms with E-state index in [1.54, 1.807) is 0 Å². The highest BCUT2D eigenvalue weighted by Gasteiger charge is 2.14. The lowest BCUT2D eigenvalue weighted by molar-refractivity contribution is -0.121. The number of ether oxygens (including phenoxy) is 1. The van der Waals surface area contributed by atoms with Gasteiger partial charge in [-0.1, -0.05) is 12.2 Å². The van der Waals surface area contributed by atoms with Crippen molar-refractivity contribution in [1.82, 2.24) is 5.32 Å². The van der Waals surface area contributed by atoms with Crippen LogP contribution in [0.2, 0.25) is 0 Å². The molecule has 3 nitrogen and oxygen atoms in total. The van der Waals surface area contributed by atoms with Crippen LogP contribution in [-0.2, 0) is 9.53 Å². The smallest absolute Gasteiger partial charge is 0.222 e. The van der Waals surface area contributed by atoms with Crippen molar-refractivity contribution in [3.63, 3.8) is 0 Å². The first kappa shape index (κ1) is 9.26. The first-order chi connectivity index (χ1) is 5.83. The van der Waals surface area contributed by atoms with Crippen molar-refractivity contribution in [1.29, 1.82) is 0 Å². The first-order valence-electron chi connectivity index (χ1n) is 4.31. The van der Waals surface area contributed by atoms with E-state index in [1.165, 1.54) is 0 Å². The van der Waals surface area contributed by atoms with E-state index in [0.717, 1.165) is 6.42 Å². The van der Waals surface area contributed by atoms with E-state index in [9.17, 15) is 4.79 Å². The van der Waals surface area contributed by atoms with Crippen molar-refractivity contribution in [3.05, 3.63) is 12.2 Å². The quantitative estimate of drug-likeness (QED) is 0.622. The largest absolute Gasteiger partial charge is 0.379 e. The van der Waals surface area contributed by atoms with Gasteiger partial charge in [-0.25, -0.2) is 0 Å². The number of rotatable bonds is 2. The van der Waals surface area contributed by atoms with Crippen molar-refractivity contribution < 1.29 is 9.53 Å². The number of carbonyl (C=O) groups excluding carboxylic acids is 1. The minimum absolute atomic E-state index is 0.0991. The number of carbonyl (C=O) groups is 1. The van der Waals surface area contributed by atoms with E-state index in [2.05, 4.69) is 5.32 Å². The lowest BCUT2D eigenvalue weighted by atomic mass is 10.2. The van der Waals surface area contributed by atoms with Crippen LogP contribution in [0.25, 0.3) is 0 Å². The molecule has 0 aliphatic carbocycles. The molecule has 1 amide bonds. The fraction of sp³-hybridized carbons (Fsp3) is 0.667. The molecule has 0 aromatic carbocycles. The van der Waals surface area contributed by atoms with Gasteiger partial charge in [-0.3, -0.25) is 4.79 Å². The van der Waals surface area contributed by atoms with E-state index in [-0.39, 0.29) is 11.9 Å². The third-order valence-electron chi connectivity index (χ3n) is 1.81. The summed E-state index contributed by atoms with van der Waals surface area (Å²) < 4.78 is 5.26. The molecule has 1 heterocycles. The third kappa shape index (κ3) is 3.05. The molecule has 12 heavy (non-hydrogen) atoms. The van der Waals surface area contributed by atoms with Crippen LogP contribution in [0.1, 0.15) is 19.8 Å². The SMILES string of the molecule is CC=CCC1COCCC(=O)N1. The van der Waals surface area contributed by atoms with Gasteiger partial charge in [0.1, 0.15) is 0 Å². The van der Waals surface area contributed by atoms with Gasteiger partial charge in [-0.2, -0.15) is 0 Å². The highest BCUT2D eigenvalue weighted by atomic mass is 16.5. The highest BCUT2D eigenvalue weighted by molar-refractivity contribution is 5.76. The first-order valence-corrected chi connectivity index (χ1v) is 4.31. The van der Waals surface area contributed by atoms with Gasteiger partial charge in [0.2, 0.25) is 5.91 Å². The fourth-order valence-electron chi connectivity index (χ4n) is 1.16. The summed E-state index contributed by atoms with van der Waals surface area (Å²) >= 11 is 0. The Hall–Kier alpha value is -0.830. The normalized spacial score (nSPS) is 25.4. The lowest BCUT2D eigenvalue weighted by Gasteiger charge is -2.12. The summed E-state index contributed by atoms with van der Waals surface area (Å²) in [6.07, 6.45) is 5.38. The minimum atomic E-state index is 0.0991. The van der Waals surface area contributed by atoms with E-state index in [1.807, 2.05) is 19.1 Å². The highest BCUT2D eigenvalue weighted by Crippen LogP contribution is 2.00. The van der Waals surface area contributed by atoms with Crippen LogP contribution in [0.3, 0.4) is 0 Å². The summed E-state index contributed by atoms with van der Waals surface area (Å²) in [6, 6.07) is 0.163. The molecule has 1 aliphatic rings. The summed E-state index contributed by atoms with van der Waals surface area (Å²) in [6.45, 7) is 3.16. The molecule has 68 valence electrons. The molecule has 0 radical (unpaired) electrons. The summed E-state index contributed by atoms with van der Waals surface area (Å²) in [7, 11) is 0. The maximum Gasteiger partial charge on any atom is 0.222 e. The van der Waals surface area contributed by atoms with Gasteiger partial charge >= 0.3 is 0 Å². The van der Waals surface area contributed by atoms with Gasteiger partial charge in [0, 0.05) is 6.42 Å². The van der Waals surface area contributed by atoms with Gasteiger partial charge in [0.25, 0.3) is 0 Å². The fourth-order valence-corrected chi connectivity index (χ4v) is 1.16. The number of hydrogen-bond donors (Lipinski definition) is 1. The van der Waals surface area contributed by atoms with Crippen LogP contribution in [0.5, 0.6) is 0 Å². The Kier molecular flexibility index (Phi) is 3.80. The second kappa shape index (κ2) is 4.93. The predicted molar refractivity (Wildman–Crippen MR) is 46.8 cm³/mol. The second-order valence-electron chi connectivity index (χ2n) is 2.89. The molecule has 1 rings (SSSR count). The molecule has 1 unspecified atom stereocenters. The molecule has 0 aromatic heterocycles. The van der Waals surface area contributed by atoms with Crippen LogP contribution in [0.15, 0.2) is 12.2 Å². The van der Waals surface area contributed by atoms with Crippen molar-refractivity contribution >= 4 is 5.91 Å². The van der Waals surface area contributed by atoms with Crippen molar-refractivity contribution in [3.8, 4) is 0 Å². The zero-order chi connectivity index (χ0) is 8.81. The van der Waals surface area contributed by atoms with E-state index >= 15 is 0 Å². The van der Waals surface area contributed by atoms with E-state index < -0.39 is 0 Å². The number of amides is 1. The molecule has 0 aromatic rings. The molecular weight excluding hydrogens is 154 g/mol. The Bertz CT molecular complexity index is 177. The summed E-state index contributed by atoms with van der Waals surface area (Å²) in [5, 5.41) is 2.90. The average Bonchev–Trinajstić information content (AvgIpc) is 2.26. The predicted octanol–water partition coefficient (Wildman–Crippen LogP) is 0.858. The molecule has 3 heteroatoms. The topological polar surface area (TPSA) is 38.3 Å². The summed E-state index contributed by atoms with van der Waals surface area (Å²) in [5.74, 6) is 0.0991. The zero-order valence-electron chi connectivity index (χ0n) is 7.38. The Morgan fingerprint density at radius 2 is 2.58 bits per heavy atom. The molecule has 1 aliphatic heterocycles. The van der Waals surface area contributed by atoms with Crippen LogP contribution >= 0.6 is 0 Å². The Labute approximate surface area is 72.8 Å². The Morgan fingerprint density at radius 3 is 3.33 bits per heavy atom. The Morgan fingerprint density at radius 1 is 1.75 bits per heavy atom. The van der Waals surface area contributed by atoms with Crippen LogP contribution in [0.4, 0.5) is 0 Å². The molecule has 0 saturated carbocycles. The van der Waals surface area contributed by atoms with Gasteiger partial charge in [0.05, 0.1) is 19.3 Å². The molecule has 1 saturated heterocycles. The van der Waals surface area contributed by atoms with E-state index in [4.69, 9.17) is 4.74 Å². The van der Waals surface area contributed by atoms with E-state index in [0.29, 0.717) is 19.6 Å². The van der Waals surface area contributed by atoms with Crippen LogP contribution < -0.4 is 5.32 Å². The zero-order valence-corrected chi connectivity index (χ0v) is 7.38. The third-order valence-corrected chi connectivity index (χ3v) is 1.81. The minimum Gasteiger partial charge on any atom is -0.379 e. The van der Waals surface area contributed by atoms with Crippen molar-refractivity contribution in [2.24, 2.45) is 0 Å². The van der Waals surface area contributed by atoms with Gasteiger partial charge < -0.3 is 10.1 Å². The van der Waals surface area contributed by atoms with Crippen molar-refractivity contribution in [2.45, 2.75) is 25.8 Å². The monoisotopic (exact) mass is 169 g/mol. The molecular formula is C9H15NO2. The molecule has 0 bridgehead atoms.